The average molecular weight is 173 g/mol. The first-order chi connectivity index (χ1) is 4.76. The number of hydrogen-bond donors (Lipinski definition) is 2. The van der Waals surface area contributed by atoms with Crippen LogP contribution in [0, 0.1) is 0 Å². The lowest BCUT2D eigenvalue weighted by atomic mass is 10.2. The molecule has 0 unspecified atom stereocenters. The van der Waals surface area contributed by atoms with Gasteiger partial charge in [-0.2, -0.15) is 13.2 Å². The Kier molecular flexibility index (Phi) is 2.83. The van der Waals surface area contributed by atoms with Crippen LogP contribution in [-0.2, 0) is 4.79 Å². The molecule has 11 heavy (non-hydrogen) atoms. The molecule has 7 heteroatoms. The minimum Gasteiger partial charge on any atom is -0.544 e. The monoisotopic (exact) mass is 173 g/mol. The van der Waals surface area contributed by atoms with Crippen molar-refractivity contribution in [2.75, 3.05) is 0 Å². The number of rotatable bonds is 2. The number of aliphatic hydroxyl groups excluding tert-OH is 1. The fourth-order valence-corrected chi connectivity index (χ4v) is 0.357. The highest BCUT2D eigenvalue weighted by atomic mass is 19.4. The molecule has 0 radical (unpaired) electrons. The van der Waals surface area contributed by atoms with E-state index in [9.17, 15) is 23.1 Å². The number of carbonyl (C=O) groups is 1. The van der Waals surface area contributed by atoms with Crippen molar-refractivity contribution in [3.05, 3.63) is 0 Å². The maximum absolute atomic E-state index is 11.5. The van der Waals surface area contributed by atoms with Gasteiger partial charge in [0.25, 0.3) is 0 Å². The van der Waals surface area contributed by atoms with Crippen molar-refractivity contribution in [2.45, 2.75) is 18.3 Å². The maximum Gasteiger partial charge on any atom is 0.420 e. The number of carboxylic acids is 1. The van der Waals surface area contributed by atoms with Gasteiger partial charge in [-0.1, -0.05) is 0 Å². The number of alkyl halides is 3. The van der Waals surface area contributed by atoms with Crippen LogP contribution in [-0.4, -0.2) is 29.4 Å². The SMILES string of the molecule is [NH3+][C@@H](C(=O)[O-])[C@@H](O)C(F)(F)F. The molecule has 4 N–H and O–H groups in total. The first-order valence-electron chi connectivity index (χ1n) is 2.55. The van der Waals surface area contributed by atoms with Crippen molar-refractivity contribution in [3.63, 3.8) is 0 Å². The number of quaternary nitrogens is 1. The lowest BCUT2D eigenvalue weighted by Crippen LogP contribution is -2.75. The molecule has 0 aliphatic heterocycles. The summed E-state index contributed by atoms with van der Waals surface area (Å²) in [4.78, 5) is 9.75. The Hall–Kier alpha value is -0.820. The van der Waals surface area contributed by atoms with Gasteiger partial charge < -0.3 is 20.7 Å². The van der Waals surface area contributed by atoms with Crippen molar-refractivity contribution in [1.82, 2.24) is 0 Å². The number of aliphatic carboxylic acids is 1. The quantitative estimate of drug-likeness (QED) is 0.475. The summed E-state index contributed by atoms with van der Waals surface area (Å²) >= 11 is 0. The van der Waals surface area contributed by atoms with E-state index in [1.54, 1.807) is 0 Å². The van der Waals surface area contributed by atoms with Crippen molar-refractivity contribution < 1.29 is 33.9 Å². The van der Waals surface area contributed by atoms with Crippen molar-refractivity contribution in [1.29, 1.82) is 0 Å². The van der Waals surface area contributed by atoms with Crippen LogP contribution in [0.15, 0.2) is 0 Å². The number of hydrogen-bond acceptors (Lipinski definition) is 3. The number of aliphatic hydroxyl groups is 1. The Morgan fingerprint density at radius 2 is 1.91 bits per heavy atom. The molecule has 0 spiro atoms. The molecule has 4 nitrogen and oxygen atoms in total. The second-order valence-corrected chi connectivity index (χ2v) is 1.91. The summed E-state index contributed by atoms with van der Waals surface area (Å²) < 4.78 is 34.4. The van der Waals surface area contributed by atoms with Crippen molar-refractivity contribution in [2.24, 2.45) is 0 Å². The third kappa shape index (κ3) is 2.72. The minimum absolute atomic E-state index is 2.03. The smallest absolute Gasteiger partial charge is 0.420 e. The van der Waals surface area contributed by atoms with Gasteiger partial charge in [0.15, 0.2) is 6.04 Å². The molecule has 0 heterocycles. The normalized spacial score (nSPS) is 17.5. The zero-order valence-electron chi connectivity index (χ0n) is 5.26. The fraction of sp³-hybridized carbons (Fsp3) is 0.750. The van der Waals surface area contributed by atoms with Gasteiger partial charge in [0.2, 0.25) is 6.10 Å². The van der Waals surface area contributed by atoms with Crippen LogP contribution >= 0.6 is 0 Å². The maximum atomic E-state index is 11.5. The number of halogens is 3. The molecule has 0 aliphatic rings. The van der Waals surface area contributed by atoms with E-state index in [0.29, 0.717) is 0 Å². The van der Waals surface area contributed by atoms with Gasteiger partial charge >= 0.3 is 6.18 Å². The summed E-state index contributed by atoms with van der Waals surface area (Å²) in [6.07, 6.45) is -7.93. The summed E-state index contributed by atoms with van der Waals surface area (Å²) in [7, 11) is 0. The lowest BCUT2D eigenvalue weighted by Gasteiger charge is -2.18. The third-order valence-corrected chi connectivity index (χ3v) is 1.02. The predicted octanol–water partition coefficient (Wildman–Crippen LogP) is -2.73. The molecule has 0 fully saturated rings. The van der Waals surface area contributed by atoms with Gasteiger partial charge in [-0.25, -0.2) is 0 Å². The van der Waals surface area contributed by atoms with Gasteiger partial charge in [0.1, 0.15) is 5.97 Å². The molecular weight excluding hydrogens is 167 g/mol. The standard InChI is InChI=1S/C4H6F3NO3/c5-4(6,7)2(9)1(8)3(10)11/h1-2,9H,8H2,(H,10,11)/t1-,2-/m1/s1. The van der Waals surface area contributed by atoms with E-state index in [4.69, 9.17) is 5.11 Å². The second-order valence-electron chi connectivity index (χ2n) is 1.91. The molecule has 0 aromatic rings. The highest BCUT2D eigenvalue weighted by molar-refractivity contribution is 5.70. The van der Waals surface area contributed by atoms with E-state index in [1.165, 1.54) is 0 Å². The van der Waals surface area contributed by atoms with Crippen LogP contribution in [0.3, 0.4) is 0 Å². The molecule has 0 saturated carbocycles. The van der Waals surface area contributed by atoms with Gasteiger partial charge in [0.05, 0.1) is 0 Å². The third-order valence-electron chi connectivity index (χ3n) is 1.02. The summed E-state index contributed by atoms with van der Waals surface area (Å²) in [6.45, 7) is 0. The number of carbonyl (C=O) groups excluding carboxylic acids is 1. The molecule has 0 amide bonds. The highest BCUT2D eigenvalue weighted by Gasteiger charge is 2.44. The van der Waals surface area contributed by atoms with E-state index >= 15 is 0 Å². The Labute approximate surface area is 59.4 Å². The summed E-state index contributed by atoms with van der Waals surface area (Å²) in [5.41, 5.74) is 2.57. The zero-order chi connectivity index (χ0) is 9.23. The van der Waals surface area contributed by atoms with Crippen LogP contribution in [0.1, 0.15) is 0 Å². The first kappa shape index (κ1) is 10.2. The predicted molar refractivity (Wildman–Crippen MR) is 23.7 cm³/mol. The van der Waals surface area contributed by atoms with Crippen LogP contribution < -0.4 is 10.8 Å². The number of carboxylic acid groups (broad SMARTS) is 1. The first-order valence-corrected chi connectivity index (χ1v) is 2.55. The summed E-state index contributed by atoms with van der Waals surface area (Å²) in [5.74, 6) is -2.03. The second kappa shape index (κ2) is 3.05. The Balaban J connectivity index is 4.25. The van der Waals surface area contributed by atoms with E-state index < -0.39 is 24.3 Å². The van der Waals surface area contributed by atoms with Gasteiger partial charge in [-0.05, 0) is 0 Å². The molecule has 0 aromatic heterocycles. The zero-order valence-corrected chi connectivity index (χ0v) is 5.26. The topological polar surface area (TPSA) is 88.0 Å². The largest absolute Gasteiger partial charge is 0.544 e. The van der Waals surface area contributed by atoms with Crippen molar-refractivity contribution >= 4 is 5.97 Å². The molecule has 66 valence electrons. The van der Waals surface area contributed by atoms with E-state index in [0.717, 1.165) is 0 Å². The van der Waals surface area contributed by atoms with Crippen LogP contribution in [0.25, 0.3) is 0 Å². The minimum atomic E-state index is -4.97. The van der Waals surface area contributed by atoms with Crippen LogP contribution in [0.5, 0.6) is 0 Å². The molecule has 0 aromatic carbocycles. The fourth-order valence-electron chi connectivity index (χ4n) is 0.357. The van der Waals surface area contributed by atoms with Crippen LogP contribution in [0.4, 0.5) is 13.2 Å². The van der Waals surface area contributed by atoms with Crippen LogP contribution in [0.2, 0.25) is 0 Å². The highest BCUT2D eigenvalue weighted by Crippen LogP contribution is 2.20. The summed E-state index contributed by atoms with van der Waals surface area (Å²) in [6, 6.07) is -2.19. The Morgan fingerprint density at radius 3 is 2.00 bits per heavy atom. The van der Waals surface area contributed by atoms with Gasteiger partial charge in [-0.15, -0.1) is 0 Å². The lowest BCUT2D eigenvalue weighted by molar-refractivity contribution is -0.466. The Bertz CT molecular complexity index is 157. The molecule has 0 aliphatic carbocycles. The van der Waals surface area contributed by atoms with E-state index in [2.05, 4.69) is 5.73 Å². The molecule has 0 rings (SSSR count). The molecule has 2 atom stereocenters. The molecule has 0 bridgehead atoms. The van der Waals surface area contributed by atoms with E-state index in [-0.39, 0.29) is 0 Å². The summed E-state index contributed by atoms with van der Waals surface area (Å²) in [5, 5.41) is 18.0. The average Bonchev–Trinajstić information content (AvgIpc) is 1.82. The van der Waals surface area contributed by atoms with Gasteiger partial charge in [0, 0.05) is 0 Å². The molecule has 0 saturated heterocycles. The molecular formula is C4H6F3NO3. The van der Waals surface area contributed by atoms with E-state index in [1.807, 2.05) is 0 Å². The van der Waals surface area contributed by atoms with Gasteiger partial charge in [-0.3, -0.25) is 0 Å². The Morgan fingerprint density at radius 1 is 1.55 bits per heavy atom. The van der Waals surface area contributed by atoms with Crippen molar-refractivity contribution in [3.8, 4) is 0 Å².